The van der Waals surface area contributed by atoms with E-state index in [4.69, 9.17) is 5.26 Å². The topological polar surface area (TPSA) is 65.2 Å². The van der Waals surface area contributed by atoms with Crippen LogP contribution in [-0.2, 0) is 4.79 Å². The van der Waals surface area contributed by atoms with Crippen LogP contribution in [0.4, 0.5) is 5.69 Å². The summed E-state index contributed by atoms with van der Waals surface area (Å²) in [6, 6.07) is 18.6. The molecule has 1 saturated heterocycles. The van der Waals surface area contributed by atoms with Crippen LogP contribution < -0.4 is 5.32 Å². The molecule has 0 atom stereocenters. The van der Waals surface area contributed by atoms with Gasteiger partial charge in [0.2, 0.25) is 0 Å². The third-order valence-corrected chi connectivity index (χ3v) is 3.89. The lowest BCUT2D eigenvalue weighted by Gasteiger charge is -1.95. The van der Waals surface area contributed by atoms with E-state index in [0.717, 1.165) is 11.3 Å². The number of amides is 1. The van der Waals surface area contributed by atoms with Crippen molar-refractivity contribution in [1.82, 2.24) is 5.32 Å². The van der Waals surface area contributed by atoms with E-state index in [1.54, 1.807) is 18.2 Å². The van der Waals surface area contributed by atoms with E-state index in [2.05, 4.69) is 16.4 Å². The summed E-state index contributed by atoms with van der Waals surface area (Å²) in [5, 5.41) is 12.1. The number of carbonyl (C=O) groups excluding carboxylic acids is 1. The second kappa shape index (κ2) is 6.29. The molecule has 5 heteroatoms. The highest BCUT2D eigenvalue weighted by atomic mass is 32.2. The lowest BCUT2D eigenvalue weighted by Crippen LogP contribution is -2.19. The first-order valence-corrected chi connectivity index (χ1v) is 7.41. The molecule has 0 aliphatic carbocycles. The van der Waals surface area contributed by atoms with Crippen molar-refractivity contribution in [2.24, 2.45) is 4.99 Å². The molecule has 22 heavy (non-hydrogen) atoms. The van der Waals surface area contributed by atoms with Crippen molar-refractivity contribution >= 4 is 34.6 Å². The monoisotopic (exact) mass is 305 g/mol. The molecule has 1 heterocycles. The Morgan fingerprint density at radius 1 is 1.09 bits per heavy atom. The zero-order valence-corrected chi connectivity index (χ0v) is 12.3. The Labute approximate surface area is 132 Å². The lowest BCUT2D eigenvalue weighted by atomic mass is 10.1. The van der Waals surface area contributed by atoms with Crippen molar-refractivity contribution in [1.29, 1.82) is 5.26 Å². The lowest BCUT2D eigenvalue weighted by molar-refractivity contribution is -0.115. The molecular formula is C17H11N3OS. The summed E-state index contributed by atoms with van der Waals surface area (Å²) < 4.78 is 0. The van der Waals surface area contributed by atoms with Crippen LogP contribution in [0.5, 0.6) is 0 Å². The summed E-state index contributed by atoms with van der Waals surface area (Å²) in [4.78, 5) is 16.9. The minimum Gasteiger partial charge on any atom is -0.300 e. The van der Waals surface area contributed by atoms with Gasteiger partial charge in [0.25, 0.3) is 5.91 Å². The van der Waals surface area contributed by atoms with Gasteiger partial charge in [0.05, 0.1) is 22.2 Å². The van der Waals surface area contributed by atoms with Crippen LogP contribution in [0.2, 0.25) is 0 Å². The van der Waals surface area contributed by atoms with Crippen molar-refractivity contribution in [3.63, 3.8) is 0 Å². The minimum atomic E-state index is -0.163. The molecule has 1 aliphatic rings. The molecule has 1 N–H and O–H groups in total. The summed E-state index contributed by atoms with van der Waals surface area (Å²) in [6.45, 7) is 0. The van der Waals surface area contributed by atoms with Crippen molar-refractivity contribution in [2.75, 3.05) is 0 Å². The predicted octanol–water partition coefficient (Wildman–Crippen LogP) is 3.45. The van der Waals surface area contributed by atoms with Crippen LogP contribution in [0, 0.1) is 11.3 Å². The number of hydrogen-bond acceptors (Lipinski definition) is 4. The van der Waals surface area contributed by atoms with Crippen molar-refractivity contribution in [3.05, 3.63) is 70.6 Å². The van der Waals surface area contributed by atoms with Crippen LogP contribution in [0.1, 0.15) is 11.1 Å². The van der Waals surface area contributed by atoms with Gasteiger partial charge in [0.1, 0.15) is 0 Å². The smallest absolute Gasteiger partial charge is 0.264 e. The predicted molar refractivity (Wildman–Crippen MR) is 88.4 cm³/mol. The number of carbonyl (C=O) groups is 1. The molecule has 0 aromatic heterocycles. The van der Waals surface area contributed by atoms with Gasteiger partial charge in [-0.1, -0.05) is 30.3 Å². The third kappa shape index (κ3) is 3.25. The van der Waals surface area contributed by atoms with E-state index in [9.17, 15) is 4.79 Å². The van der Waals surface area contributed by atoms with Gasteiger partial charge in [-0.3, -0.25) is 4.79 Å². The number of para-hydroxylation sites is 1. The first kappa shape index (κ1) is 14.1. The fourth-order valence-corrected chi connectivity index (χ4v) is 2.75. The number of nitrogens with zero attached hydrogens (tertiary/aromatic N) is 2. The van der Waals surface area contributed by atoms with E-state index >= 15 is 0 Å². The summed E-state index contributed by atoms with van der Waals surface area (Å²) in [5.74, 6) is -0.163. The number of benzene rings is 2. The molecule has 1 aliphatic heterocycles. The summed E-state index contributed by atoms with van der Waals surface area (Å²) in [6.07, 6.45) is 1.79. The number of thioether (sulfide) groups is 1. The van der Waals surface area contributed by atoms with Crippen molar-refractivity contribution < 1.29 is 4.79 Å². The fourth-order valence-electron chi connectivity index (χ4n) is 1.91. The van der Waals surface area contributed by atoms with Crippen molar-refractivity contribution in [3.8, 4) is 6.07 Å². The van der Waals surface area contributed by atoms with Gasteiger partial charge in [0, 0.05) is 0 Å². The minimum absolute atomic E-state index is 0.163. The zero-order valence-electron chi connectivity index (χ0n) is 11.5. The molecular weight excluding hydrogens is 294 g/mol. The van der Waals surface area contributed by atoms with Gasteiger partial charge in [0.15, 0.2) is 5.17 Å². The Morgan fingerprint density at radius 3 is 2.50 bits per heavy atom. The highest BCUT2D eigenvalue weighted by molar-refractivity contribution is 8.18. The number of hydrogen-bond donors (Lipinski definition) is 1. The maximum Gasteiger partial charge on any atom is 0.264 e. The van der Waals surface area contributed by atoms with Crippen LogP contribution in [0.15, 0.2) is 64.5 Å². The molecule has 2 aromatic carbocycles. The van der Waals surface area contributed by atoms with Gasteiger partial charge in [-0.25, -0.2) is 4.99 Å². The number of nitriles is 1. The number of amidine groups is 1. The normalized spacial score (nSPS) is 17.5. The van der Waals surface area contributed by atoms with E-state index in [1.807, 2.05) is 42.5 Å². The molecule has 0 saturated carbocycles. The van der Waals surface area contributed by atoms with E-state index in [0.29, 0.717) is 15.6 Å². The highest BCUT2D eigenvalue weighted by Gasteiger charge is 2.23. The van der Waals surface area contributed by atoms with E-state index in [-0.39, 0.29) is 5.91 Å². The highest BCUT2D eigenvalue weighted by Crippen LogP contribution is 2.27. The average Bonchev–Trinajstić information content (AvgIpc) is 2.88. The maximum atomic E-state index is 12.0. The van der Waals surface area contributed by atoms with Crippen LogP contribution in [0.3, 0.4) is 0 Å². The van der Waals surface area contributed by atoms with Gasteiger partial charge in [-0.15, -0.1) is 0 Å². The molecule has 1 amide bonds. The Bertz CT molecular complexity index is 802. The largest absolute Gasteiger partial charge is 0.300 e. The molecule has 106 valence electrons. The van der Waals surface area contributed by atoms with E-state index in [1.165, 1.54) is 11.8 Å². The first-order valence-electron chi connectivity index (χ1n) is 6.59. The number of nitrogens with one attached hydrogen (secondary N) is 1. The Hall–Kier alpha value is -2.84. The second-order valence-corrected chi connectivity index (χ2v) is 5.58. The molecule has 0 radical (unpaired) electrons. The zero-order chi connectivity index (χ0) is 15.4. The molecule has 0 spiro atoms. The average molecular weight is 305 g/mol. The van der Waals surface area contributed by atoms with Gasteiger partial charge >= 0.3 is 0 Å². The van der Waals surface area contributed by atoms with Gasteiger partial charge in [-0.2, -0.15) is 5.26 Å². The molecule has 1 fully saturated rings. The fraction of sp³-hybridized carbons (Fsp3) is 0. The Morgan fingerprint density at radius 2 is 1.82 bits per heavy atom. The van der Waals surface area contributed by atoms with E-state index < -0.39 is 0 Å². The molecule has 2 aromatic rings. The molecule has 4 nitrogen and oxygen atoms in total. The molecule has 0 unspecified atom stereocenters. The Balaban J connectivity index is 1.81. The summed E-state index contributed by atoms with van der Waals surface area (Å²) in [7, 11) is 0. The maximum absolute atomic E-state index is 12.0. The molecule has 3 rings (SSSR count). The number of rotatable bonds is 2. The quantitative estimate of drug-likeness (QED) is 0.864. The summed E-state index contributed by atoms with van der Waals surface area (Å²) >= 11 is 1.30. The number of aliphatic imine (C=N–C) groups is 1. The van der Waals surface area contributed by atoms with Gasteiger partial charge in [-0.05, 0) is 47.7 Å². The van der Waals surface area contributed by atoms with Crippen LogP contribution in [-0.4, -0.2) is 11.1 Å². The third-order valence-electron chi connectivity index (χ3n) is 2.98. The van der Waals surface area contributed by atoms with Crippen molar-refractivity contribution in [2.45, 2.75) is 0 Å². The second-order valence-electron chi connectivity index (χ2n) is 4.55. The van der Waals surface area contributed by atoms with Gasteiger partial charge < -0.3 is 5.32 Å². The van der Waals surface area contributed by atoms with Crippen LogP contribution in [0.25, 0.3) is 6.08 Å². The Kier molecular flexibility index (Phi) is 4.03. The standard InChI is InChI=1S/C17H11N3OS/c18-11-13-8-6-12(7-9-13)10-15-16(21)20-17(22-15)19-14-4-2-1-3-5-14/h1-10H,(H,19,20,21)/b15-10+. The summed E-state index contributed by atoms with van der Waals surface area (Å²) in [5.41, 5.74) is 2.26. The first-order chi connectivity index (χ1) is 10.7. The van der Waals surface area contributed by atoms with Crippen LogP contribution >= 0.6 is 11.8 Å². The SMILES string of the molecule is N#Cc1ccc(/C=C2/SC(=Nc3ccccc3)NC2=O)cc1. The molecule has 0 bridgehead atoms.